The van der Waals surface area contributed by atoms with Crippen molar-refractivity contribution in [3.8, 4) is 0 Å². The number of primary sulfonamides is 1. The highest BCUT2D eigenvalue weighted by atomic mass is 32.2. The molecule has 94 valence electrons. The molecule has 0 radical (unpaired) electrons. The second kappa shape index (κ2) is 4.60. The molecule has 0 aromatic carbocycles. The van der Waals surface area contributed by atoms with Crippen molar-refractivity contribution in [1.29, 1.82) is 0 Å². The van der Waals surface area contributed by atoms with E-state index < -0.39 is 10.0 Å². The smallest absolute Gasteiger partial charge is 0.209 e. The molecule has 2 aliphatic rings. The van der Waals surface area contributed by atoms with Crippen LogP contribution in [0.5, 0.6) is 0 Å². The van der Waals surface area contributed by atoms with Gasteiger partial charge in [0, 0.05) is 6.61 Å². The summed E-state index contributed by atoms with van der Waals surface area (Å²) in [6, 6.07) is 0. The Balaban J connectivity index is 1.98. The predicted molar refractivity (Wildman–Crippen MR) is 61.5 cm³/mol. The molecule has 2 fully saturated rings. The zero-order valence-corrected chi connectivity index (χ0v) is 10.3. The molecule has 0 saturated carbocycles. The number of rotatable bonds is 2. The number of hydrogen-bond acceptors (Lipinski definition) is 4. The molecule has 5 nitrogen and oxygen atoms in total. The summed E-state index contributed by atoms with van der Waals surface area (Å²) in [6.45, 7) is 2.59. The summed E-state index contributed by atoms with van der Waals surface area (Å²) < 4.78 is 28.1. The highest BCUT2D eigenvalue weighted by Gasteiger charge is 2.39. The lowest BCUT2D eigenvalue weighted by atomic mass is 9.80. The molecular formula is C10H20N2O3S. The van der Waals surface area contributed by atoms with Gasteiger partial charge in [-0.15, -0.1) is 0 Å². The zero-order chi connectivity index (χ0) is 11.6. The molecule has 2 saturated heterocycles. The van der Waals surface area contributed by atoms with E-state index in [2.05, 4.69) is 5.32 Å². The van der Waals surface area contributed by atoms with E-state index in [1.54, 1.807) is 0 Å². The molecule has 2 aliphatic heterocycles. The number of nitrogens with two attached hydrogens (primary N) is 1. The number of piperidine rings is 1. The molecule has 0 aromatic rings. The van der Waals surface area contributed by atoms with E-state index in [0.29, 0.717) is 6.61 Å². The summed E-state index contributed by atoms with van der Waals surface area (Å²) in [7, 11) is -3.35. The maximum Gasteiger partial charge on any atom is 0.209 e. The molecule has 2 rings (SSSR count). The molecule has 0 aliphatic carbocycles. The highest BCUT2D eigenvalue weighted by Crippen LogP contribution is 2.36. The Morgan fingerprint density at radius 2 is 2.06 bits per heavy atom. The molecule has 2 heterocycles. The van der Waals surface area contributed by atoms with Crippen molar-refractivity contribution in [3.63, 3.8) is 0 Å². The molecule has 1 unspecified atom stereocenters. The standard InChI is InChI=1S/C10H20N2O3S/c11-16(13,14)8-9-1-6-15-10(7-9)2-4-12-5-3-10/h9,12H,1-8H2,(H2,11,13,14). The number of hydrogen-bond donors (Lipinski definition) is 2. The van der Waals surface area contributed by atoms with Crippen LogP contribution in [0, 0.1) is 5.92 Å². The zero-order valence-electron chi connectivity index (χ0n) is 9.44. The fourth-order valence-electron chi connectivity index (χ4n) is 2.83. The van der Waals surface area contributed by atoms with Gasteiger partial charge in [-0.05, 0) is 44.7 Å². The van der Waals surface area contributed by atoms with Gasteiger partial charge in [-0.25, -0.2) is 13.6 Å². The summed E-state index contributed by atoms with van der Waals surface area (Å²) in [6.07, 6.45) is 3.61. The van der Waals surface area contributed by atoms with Gasteiger partial charge in [0.1, 0.15) is 0 Å². The van der Waals surface area contributed by atoms with Gasteiger partial charge in [0.15, 0.2) is 0 Å². The van der Waals surface area contributed by atoms with Crippen molar-refractivity contribution in [2.45, 2.75) is 31.3 Å². The molecule has 6 heteroatoms. The lowest BCUT2D eigenvalue weighted by Gasteiger charge is -2.43. The average Bonchev–Trinajstić information content (AvgIpc) is 2.16. The second-order valence-corrected chi connectivity index (χ2v) is 6.63. The number of nitrogens with one attached hydrogen (secondary N) is 1. The van der Waals surface area contributed by atoms with Crippen molar-refractivity contribution in [2.75, 3.05) is 25.4 Å². The Morgan fingerprint density at radius 1 is 1.38 bits per heavy atom. The Morgan fingerprint density at radius 3 is 2.69 bits per heavy atom. The first-order chi connectivity index (χ1) is 7.49. The van der Waals surface area contributed by atoms with Crippen LogP contribution in [0.15, 0.2) is 0 Å². The molecule has 1 spiro atoms. The van der Waals surface area contributed by atoms with Crippen molar-refractivity contribution in [1.82, 2.24) is 5.32 Å². The largest absolute Gasteiger partial charge is 0.375 e. The summed E-state index contributed by atoms with van der Waals surface area (Å²) in [5.41, 5.74) is -0.0845. The minimum absolute atomic E-state index is 0.0845. The van der Waals surface area contributed by atoms with Gasteiger partial charge in [-0.2, -0.15) is 0 Å². The summed E-state index contributed by atoms with van der Waals surface area (Å²) in [5.74, 6) is 0.271. The van der Waals surface area contributed by atoms with Crippen LogP contribution in [0.1, 0.15) is 25.7 Å². The van der Waals surface area contributed by atoms with E-state index >= 15 is 0 Å². The van der Waals surface area contributed by atoms with E-state index in [1.807, 2.05) is 0 Å². The average molecular weight is 248 g/mol. The minimum atomic E-state index is -3.35. The van der Waals surface area contributed by atoms with E-state index in [-0.39, 0.29) is 17.3 Å². The third-order valence-corrected chi connectivity index (χ3v) is 4.51. The minimum Gasteiger partial charge on any atom is -0.375 e. The lowest BCUT2D eigenvalue weighted by Crippen LogP contribution is -2.49. The fourth-order valence-corrected chi connectivity index (χ4v) is 3.77. The normalized spacial score (nSPS) is 30.4. The first-order valence-corrected chi connectivity index (χ1v) is 7.56. The van der Waals surface area contributed by atoms with Gasteiger partial charge in [0.05, 0.1) is 11.4 Å². The van der Waals surface area contributed by atoms with Crippen molar-refractivity contribution in [2.24, 2.45) is 11.1 Å². The van der Waals surface area contributed by atoms with Crippen LogP contribution in [-0.4, -0.2) is 39.5 Å². The first-order valence-electron chi connectivity index (χ1n) is 5.84. The van der Waals surface area contributed by atoms with Crippen molar-refractivity contribution < 1.29 is 13.2 Å². The van der Waals surface area contributed by atoms with E-state index in [4.69, 9.17) is 9.88 Å². The van der Waals surface area contributed by atoms with Gasteiger partial charge < -0.3 is 10.1 Å². The third-order valence-electron chi connectivity index (χ3n) is 3.58. The molecule has 0 amide bonds. The van der Waals surface area contributed by atoms with E-state index in [0.717, 1.165) is 38.8 Å². The second-order valence-electron chi connectivity index (χ2n) is 4.97. The molecular weight excluding hydrogens is 228 g/mol. The Bertz CT molecular complexity index is 330. The monoisotopic (exact) mass is 248 g/mol. The van der Waals surface area contributed by atoms with Crippen LogP contribution in [0.2, 0.25) is 0 Å². The summed E-state index contributed by atoms with van der Waals surface area (Å²) in [5, 5.41) is 8.40. The SMILES string of the molecule is NS(=O)(=O)CC1CCOC2(CCNCC2)C1. The maximum absolute atomic E-state index is 11.1. The Labute approximate surface area is 96.8 Å². The fraction of sp³-hybridized carbons (Fsp3) is 1.00. The van der Waals surface area contributed by atoms with Crippen LogP contribution in [-0.2, 0) is 14.8 Å². The molecule has 3 N–H and O–H groups in total. The first kappa shape index (κ1) is 12.3. The van der Waals surface area contributed by atoms with E-state index in [1.165, 1.54) is 0 Å². The number of ether oxygens (including phenoxy) is 1. The Hall–Kier alpha value is -0.170. The van der Waals surface area contributed by atoms with Crippen LogP contribution in [0.25, 0.3) is 0 Å². The van der Waals surface area contributed by atoms with Gasteiger partial charge in [-0.3, -0.25) is 0 Å². The highest BCUT2D eigenvalue weighted by molar-refractivity contribution is 7.89. The molecule has 0 bridgehead atoms. The molecule has 1 atom stereocenters. The Kier molecular flexibility index (Phi) is 3.53. The summed E-state index contributed by atoms with van der Waals surface area (Å²) >= 11 is 0. The third kappa shape index (κ3) is 3.16. The molecule has 16 heavy (non-hydrogen) atoms. The molecule has 0 aromatic heterocycles. The van der Waals surface area contributed by atoms with E-state index in [9.17, 15) is 8.42 Å². The quantitative estimate of drug-likeness (QED) is 0.710. The number of sulfonamides is 1. The van der Waals surface area contributed by atoms with Gasteiger partial charge in [0.2, 0.25) is 10.0 Å². The van der Waals surface area contributed by atoms with Crippen molar-refractivity contribution in [3.05, 3.63) is 0 Å². The van der Waals surface area contributed by atoms with Crippen molar-refractivity contribution >= 4 is 10.0 Å². The van der Waals surface area contributed by atoms with Gasteiger partial charge >= 0.3 is 0 Å². The summed E-state index contributed by atoms with van der Waals surface area (Å²) in [4.78, 5) is 0. The maximum atomic E-state index is 11.1. The topological polar surface area (TPSA) is 81.4 Å². The lowest BCUT2D eigenvalue weighted by molar-refractivity contribution is -0.110. The van der Waals surface area contributed by atoms with Gasteiger partial charge in [-0.1, -0.05) is 0 Å². The van der Waals surface area contributed by atoms with Gasteiger partial charge in [0.25, 0.3) is 0 Å². The van der Waals surface area contributed by atoms with Crippen LogP contribution in [0.4, 0.5) is 0 Å². The van der Waals surface area contributed by atoms with Crippen LogP contribution in [0.3, 0.4) is 0 Å². The van der Waals surface area contributed by atoms with Crippen LogP contribution < -0.4 is 10.5 Å². The van der Waals surface area contributed by atoms with Crippen LogP contribution >= 0.6 is 0 Å². The predicted octanol–water partition coefficient (Wildman–Crippen LogP) is -0.176.